The van der Waals surface area contributed by atoms with Crippen molar-refractivity contribution in [3.05, 3.63) is 30.9 Å². The highest BCUT2D eigenvalue weighted by Gasteiger charge is 2.04. The van der Waals surface area contributed by atoms with Gasteiger partial charge in [-0.25, -0.2) is 9.97 Å². The summed E-state index contributed by atoms with van der Waals surface area (Å²) in [7, 11) is 1.85. The standard InChI is InChI=1S/C10H12N8/c1-17-6-13-8(16-17)2-3-11-9-10-15-14-7-18(10)5-4-12-9/h4-7H,2-3H2,1H3,(H,11,12). The zero-order chi connectivity index (χ0) is 12.4. The second kappa shape index (κ2) is 4.40. The number of hydrogen-bond acceptors (Lipinski definition) is 6. The molecule has 0 aliphatic rings. The van der Waals surface area contributed by atoms with Crippen molar-refractivity contribution >= 4 is 11.5 Å². The van der Waals surface area contributed by atoms with Crippen molar-refractivity contribution in [1.29, 1.82) is 0 Å². The first kappa shape index (κ1) is 10.6. The molecule has 18 heavy (non-hydrogen) atoms. The summed E-state index contributed by atoms with van der Waals surface area (Å²) in [6.45, 7) is 0.698. The topological polar surface area (TPSA) is 85.8 Å². The number of nitrogens with zero attached hydrogens (tertiary/aromatic N) is 7. The molecule has 8 nitrogen and oxygen atoms in total. The van der Waals surface area contributed by atoms with Gasteiger partial charge in [0.25, 0.3) is 0 Å². The van der Waals surface area contributed by atoms with Crippen LogP contribution in [0.4, 0.5) is 5.82 Å². The quantitative estimate of drug-likeness (QED) is 0.690. The third kappa shape index (κ3) is 1.99. The molecule has 0 bridgehead atoms. The van der Waals surface area contributed by atoms with Gasteiger partial charge in [-0.15, -0.1) is 10.2 Å². The van der Waals surface area contributed by atoms with Gasteiger partial charge in [0.15, 0.2) is 11.6 Å². The monoisotopic (exact) mass is 244 g/mol. The third-order valence-electron chi connectivity index (χ3n) is 2.50. The average Bonchev–Trinajstić information content (AvgIpc) is 2.98. The molecule has 0 aromatic carbocycles. The molecule has 3 rings (SSSR count). The molecule has 1 N–H and O–H groups in total. The fourth-order valence-electron chi connectivity index (χ4n) is 1.67. The molecule has 92 valence electrons. The van der Waals surface area contributed by atoms with Gasteiger partial charge in [0.05, 0.1) is 0 Å². The average molecular weight is 244 g/mol. The lowest BCUT2D eigenvalue weighted by atomic mass is 10.4. The lowest BCUT2D eigenvalue weighted by Crippen LogP contribution is -2.09. The van der Waals surface area contributed by atoms with Crippen LogP contribution in [0.25, 0.3) is 5.65 Å². The van der Waals surface area contributed by atoms with Crippen molar-refractivity contribution in [2.45, 2.75) is 6.42 Å². The highest BCUT2D eigenvalue weighted by molar-refractivity contribution is 5.61. The van der Waals surface area contributed by atoms with Gasteiger partial charge in [-0.3, -0.25) is 9.08 Å². The van der Waals surface area contributed by atoms with Crippen LogP contribution in [-0.4, -0.2) is 40.9 Å². The molecule has 0 saturated carbocycles. The Bertz CT molecular complexity index is 655. The van der Waals surface area contributed by atoms with Crippen LogP contribution in [-0.2, 0) is 13.5 Å². The van der Waals surface area contributed by atoms with Crippen LogP contribution in [0.15, 0.2) is 25.0 Å². The molecule has 0 aliphatic heterocycles. The second-order valence-corrected chi connectivity index (χ2v) is 3.85. The van der Waals surface area contributed by atoms with Gasteiger partial charge in [0.1, 0.15) is 12.7 Å². The fraction of sp³-hybridized carbons (Fsp3) is 0.300. The van der Waals surface area contributed by atoms with Crippen LogP contribution in [0.2, 0.25) is 0 Å². The van der Waals surface area contributed by atoms with E-state index in [0.29, 0.717) is 18.0 Å². The summed E-state index contributed by atoms with van der Waals surface area (Å²) in [5.41, 5.74) is 0.714. The SMILES string of the molecule is Cn1cnc(CCNc2nccn3cnnc23)n1. The number of nitrogens with one attached hydrogen (secondary N) is 1. The van der Waals surface area contributed by atoms with Gasteiger partial charge >= 0.3 is 0 Å². The Morgan fingerprint density at radius 3 is 3.06 bits per heavy atom. The summed E-state index contributed by atoms with van der Waals surface area (Å²) in [5.74, 6) is 1.52. The molecule has 0 saturated heterocycles. The van der Waals surface area contributed by atoms with E-state index in [4.69, 9.17) is 0 Å². The van der Waals surface area contributed by atoms with E-state index in [2.05, 4.69) is 30.6 Å². The van der Waals surface area contributed by atoms with Gasteiger partial charge in [-0.1, -0.05) is 0 Å². The van der Waals surface area contributed by atoms with E-state index in [1.54, 1.807) is 29.7 Å². The molecule has 0 unspecified atom stereocenters. The van der Waals surface area contributed by atoms with Crippen molar-refractivity contribution in [2.24, 2.45) is 7.05 Å². The summed E-state index contributed by atoms with van der Waals surface area (Å²) in [5, 5.41) is 15.3. The Morgan fingerprint density at radius 2 is 2.22 bits per heavy atom. The maximum atomic E-state index is 4.24. The number of rotatable bonds is 4. The van der Waals surface area contributed by atoms with Gasteiger partial charge in [0.2, 0.25) is 5.65 Å². The minimum absolute atomic E-state index is 0.698. The number of aromatic nitrogens is 7. The van der Waals surface area contributed by atoms with E-state index < -0.39 is 0 Å². The van der Waals surface area contributed by atoms with Gasteiger partial charge in [0, 0.05) is 32.4 Å². The van der Waals surface area contributed by atoms with E-state index in [1.807, 2.05) is 11.4 Å². The van der Waals surface area contributed by atoms with E-state index in [9.17, 15) is 0 Å². The normalized spacial score (nSPS) is 10.9. The Balaban J connectivity index is 1.68. The molecule has 0 spiro atoms. The molecular weight excluding hydrogens is 232 g/mol. The summed E-state index contributed by atoms with van der Waals surface area (Å²) < 4.78 is 3.50. The molecule has 8 heteroatoms. The maximum Gasteiger partial charge on any atom is 0.203 e. The number of anilines is 1. The first-order valence-electron chi connectivity index (χ1n) is 5.55. The first-order chi connectivity index (χ1) is 8.83. The van der Waals surface area contributed by atoms with Crippen LogP contribution in [0, 0.1) is 0 Å². The summed E-state index contributed by atoms with van der Waals surface area (Å²) in [6.07, 6.45) is 7.57. The molecule has 0 radical (unpaired) electrons. The molecule has 3 heterocycles. The molecular formula is C10H12N8. The largest absolute Gasteiger partial charge is 0.366 e. The van der Waals surface area contributed by atoms with Gasteiger partial charge in [-0.05, 0) is 0 Å². The maximum absolute atomic E-state index is 4.24. The Hall–Kier alpha value is -2.51. The zero-order valence-corrected chi connectivity index (χ0v) is 9.85. The molecule has 0 atom stereocenters. The van der Waals surface area contributed by atoms with Crippen LogP contribution < -0.4 is 5.32 Å². The van der Waals surface area contributed by atoms with Crippen molar-refractivity contribution < 1.29 is 0 Å². The predicted molar refractivity (Wildman–Crippen MR) is 64.0 cm³/mol. The lowest BCUT2D eigenvalue weighted by molar-refractivity contribution is 0.742. The number of fused-ring (bicyclic) bond motifs is 1. The molecule has 0 amide bonds. The third-order valence-corrected chi connectivity index (χ3v) is 2.50. The van der Waals surface area contributed by atoms with Crippen LogP contribution in [0.1, 0.15) is 5.82 Å². The number of hydrogen-bond donors (Lipinski definition) is 1. The Kier molecular flexibility index (Phi) is 2.60. The number of aryl methyl sites for hydroxylation is 1. The minimum Gasteiger partial charge on any atom is -0.366 e. The first-order valence-corrected chi connectivity index (χ1v) is 5.55. The highest BCUT2D eigenvalue weighted by Crippen LogP contribution is 2.09. The van der Waals surface area contributed by atoms with Gasteiger partial charge in [-0.2, -0.15) is 5.10 Å². The Morgan fingerprint density at radius 1 is 1.28 bits per heavy atom. The summed E-state index contributed by atoms with van der Waals surface area (Å²) in [6, 6.07) is 0. The smallest absolute Gasteiger partial charge is 0.203 e. The zero-order valence-electron chi connectivity index (χ0n) is 9.85. The van der Waals surface area contributed by atoms with Crippen LogP contribution in [0.5, 0.6) is 0 Å². The minimum atomic E-state index is 0.698. The summed E-state index contributed by atoms with van der Waals surface area (Å²) in [4.78, 5) is 8.39. The molecule has 0 fully saturated rings. The van der Waals surface area contributed by atoms with Crippen molar-refractivity contribution in [2.75, 3.05) is 11.9 Å². The molecule has 0 aliphatic carbocycles. The molecule has 3 aromatic heterocycles. The highest BCUT2D eigenvalue weighted by atomic mass is 15.3. The Labute approximate surface area is 103 Å². The molecule has 3 aromatic rings. The van der Waals surface area contributed by atoms with Crippen molar-refractivity contribution in [1.82, 2.24) is 34.3 Å². The van der Waals surface area contributed by atoms with Crippen molar-refractivity contribution in [3.63, 3.8) is 0 Å². The second-order valence-electron chi connectivity index (χ2n) is 3.85. The van der Waals surface area contributed by atoms with Gasteiger partial charge < -0.3 is 5.32 Å². The predicted octanol–water partition coefficient (Wildman–Crippen LogP) is -0.0926. The lowest BCUT2D eigenvalue weighted by Gasteiger charge is -2.04. The summed E-state index contributed by atoms with van der Waals surface area (Å²) >= 11 is 0. The van der Waals surface area contributed by atoms with Crippen molar-refractivity contribution in [3.8, 4) is 0 Å². The van der Waals surface area contributed by atoms with Crippen LogP contribution >= 0.6 is 0 Å². The van der Waals surface area contributed by atoms with E-state index >= 15 is 0 Å². The van der Waals surface area contributed by atoms with Crippen LogP contribution in [0.3, 0.4) is 0 Å². The van der Waals surface area contributed by atoms with E-state index in [-0.39, 0.29) is 0 Å². The van der Waals surface area contributed by atoms with E-state index in [1.165, 1.54) is 0 Å². The fourth-order valence-corrected chi connectivity index (χ4v) is 1.67. The van der Waals surface area contributed by atoms with E-state index in [0.717, 1.165) is 12.2 Å².